The van der Waals surface area contributed by atoms with E-state index in [0.717, 1.165) is 13.1 Å². The Morgan fingerprint density at radius 2 is 1.73 bits per heavy atom. The number of carboxylic acids is 1. The third-order valence-corrected chi connectivity index (χ3v) is 0.945. The number of hydrogen-bond acceptors (Lipinski definition) is 4. The molecule has 0 aliphatic carbocycles. The number of carbonyl (C=O) groups excluding carboxylic acids is 1. The molecule has 0 bridgehead atoms. The van der Waals surface area contributed by atoms with Gasteiger partial charge < -0.3 is 15.0 Å². The SMILES string of the molecule is CC[NH+](O)CC.O=C([O-])CO. The molecule has 3 N–H and O–H groups in total. The fourth-order valence-electron chi connectivity index (χ4n) is 0.250. The van der Waals surface area contributed by atoms with Gasteiger partial charge >= 0.3 is 0 Å². The molecule has 0 atom stereocenters. The molecule has 0 rings (SSSR count). The van der Waals surface area contributed by atoms with Crippen molar-refractivity contribution in [1.29, 1.82) is 0 Å². The van der Waals surface area contributed by atoms with E-state index in [1.807, 2.05) is 13.8 Å². The summed E-state index contributed by atoms with van der Waals surface area (Å²) in [7, 11) is 0. The maximum Gasteiger partial charge on any atom is 0.104 e. The average molecular weight is 165 g/mol. The van der Waals surface area contributed by atoms with Gasteiger partial charge in [-0.2, -0.15) is 5.06 Å². The van der Waals surface area contributed by atoms with Gasteiger partial charge in [-0.15, -0.1) is 0 Å². The first-order chi connectivity index (χ1) is 5.08. The lowest BCUT2D eigenvalue weighted by Gasteiger charge is -2.00. The highest BCUT2D eigenvalue weighted by Crippen LogP contribution is 1.40. The zero-order chi connectivity index (χ0) is 9.28. The molecule has 0 saturated heterocycles. The van der Waals surface area contributed by atoms with Crippen molar-refractivity contribution >= 4 is 5.97 Å². The third-order valence-electron chi connectivity index (χ3n) is 0.945. The number of aliphatic hydroxyl groups is 1. The number of nitrogens with one attached hydrogen (secondary N) is 1. The fraction of sp³-hybridized carbons (Fsp3) is 0.833. The number of hydrogen-bond donors (Lipinski definition) is 3. The Bertz CT molecular complexity index is 92.6. The molecule has 5 nitrogen and oxygen atoms in total. The van der Waals surface area contributed by atoms with Crippen LogP contribution in [0.5, 0.6) is 0 Å². The molecule has 0 aromatic heterocycles. The number of carbonyl (C=O) groups is 1. The van der Waals surface area contributed by atoms with E-state index in [2.05, 4.69) is 0 Å². The monoisotopic (exact) mass is 165 g/mol. The van der Waals surface area contributed by atoms with Crippen LogP contribution < -0.4 is 10.2 Å². The van der Waals surface area contributed by atoms with E-state index in [4.69, 9.17) is 20.2 Å². The molecule has 0 aromatic rings. The summed E-state index contributed by atoms with van der Waals surface area (Å²) >= 11 is 0. The van der Waals surface area contributed by atoms with Crippen molar-refractivity contribution in [1.82, 2.24) is 0 Å². The van der Waals surface area contributed by atoms with Crippen LogP contribution in [0.2, 0.25) is 0 Å². The molecular weight excluding hydrogens is 150 g/mol. The molecule has 0 radical (unpaired) electrons. The first kappa shape index (κ1) is 13.0. The van der Waals surface area contributed by atoms with Gasteiger partial charge in [0, 0.05) is 0 Å². The Morgan fingerprint density at radius 1 is 1.45 bits per heavy atom. The molecule has 0 aromatic carbocycles. The molecule has 0 spiro atoms. The van der Waals surface area contributed by atoms with E-state index in [1.54, 1.807) is 0 Å². The van der Waals surface area contributed by atoms with Crippen LogP contribution in [0, 0.1) is 0 Å². The largest absolute Gasteiger partial charge is 0.548 e. The van der Waals surface area contributed by atoms with E-state index >= 15 is 0 Å². The van der Waals surface area contributed by atoms with Crippen molar-refractivity contribution in [2.75, 3.05) is 19.7 Å². The third kappa shape index (κ3) is 17.6. The summed E-state index contributed by atoms with van der Waals surface area (Å²) in [6.45, 7) is 4.60. The van der Waals surface area contributed by atoms with Crippen molar-refractivity contribution in [3.8, 4) is 0 Å². The van der Waals surface area contributed by atoms with Crippen LogP contribution in [0.15, 0.2) is 0 Å². The van der Waals surface area contributed by atoms with Crippen LogP contribution in [0.3, 0.4) is 0 Å². The molecule has 0 amide bonds. The molecule has 0 aliphatic heterocycles. The molecule has 68 valence electrons. The second kappa shape index (κ2) is 9.35. The molecule has 0 aliphatic rings. The minimum Gasteiger partial charge on any atom is -0.548 e. The van der Waals surface area contributed by atoms with Gasteiger partial charge in [0.25, 0.3) is 0 Å². The predicted octanol–water partition coefficient (Wildman–Crippen LogP) is -2.97. The topological polar surface area (TPSA) is 85.0 Å². The lowest BCUT2D eigenvalue weighted by molar-refractivity contribution is -1.08. The molecule has 0 saturated carbocycles. The second-order valence-corrected chi connectivity index (χ2v) is 1.80. The van der Waals surface area contributed by atoms with Gasteiger partial charge in [0.05, 0.1) is 12.6 Å². The Hall–Kier alpha value is -0.650. The first-order valence-electron chi connectivity index (χ1n) is 3.42. The van der Waals surface area contributed by atoms with Gasteiger partial charge in [-0.1, -0.05) is 0 Å². The smallest absolute Gasteiger partial charge is 0.104 e. The maximum absolute atomic E-state index is 9.01. The van der Waals surface area contributed by atoms with E-state index < -0.39 is 12.6 Å². The first-order valence-corrected chi connectivity index (χ1v) is 3.42. The van der Waals surface area contributed by atoms with E-state index in [1.165, 1.54) is 0 Å². The van der Waals surface area contributed by atoms with Gasteiger partial charge in [-0.25, -0.2) is 5.21 Å². The lowest BCUT2D eigenvalue weighted by atomic mass is 10.6. The van der Waals surface area contributed by atoms with Crippen molar-refractivity contribution < 1.29 is 25.3 Å². The highest BCUT2D eigenvalue weighted by Gasteiger charge is 1.88. The van der Waals surface area contributed by atoms with Gasteiger partial charge in [0.1, 0.15) is 13.1 Å². The summed E-state index contributed by atoms with van der Waals surface area (Å²) in [6.07, 6.45) is 0. The highest BCUT2D eigenvalue weighted by atomic mass is 16.5. The van der Waals surface area contributed by atoms with Crippen molar-refractivity contribution in [3.05, 3.63) is 0 Å². The van der Waals surface area contributed by atoms with Crippen LogP contribution in [0.1, 0.15) is 13.8 Å². The van der Waals surface area contributed by atoms with Crippen molar-refractivity contribution in [2.24, 2.45) is 0 Å². The Kier molecular flexibility index (Phi) is 11.0. The second-order valence-electron chi connectivity index (χ2n) is 1.80. The number of rotatable bonds is 3. The van der Waals surface area contributed by atoms with Crippen LogP contribution in [-0.4, -0.2) is 36.0 Å². The van der Waals surface area contributed by atoms with E-state index in [0.29, 0.717) is 5.06 Å². The number of carboxylic acid groups (broad SMARTS) is 1. The van der Waals surface area contributed by atoms with Crippen LogP contribution >= 0.6 is 0 Å². The quantitative estimate of drug-likeness (QED) is 0.390. The highest BCUT2D eigenvalue weighted by molar-refractivity contribution is 5.65. The Balaban J connectivity index is 0. The Morgan fingerprint density at radius 3 is 1.73 bits per heavy atom. The molecule has 11 heavy (non-hydrogen) atoms. The number of aliphatic carboxylic acids is 1. The van der Waals surface area contributed by atoms with Gasteiger partial charge in [0.15, 0.2) is 0 Å². The van der Waals surface area contributed by atoms with Crippen LogP contribution in [-0.2, 0) is 4.79 Å². The zero-order valence-corrected chi connectivity index (χ0v) is 6.83. The van der Waals surface area contributed by atoms with Gasteiger partial charge in [-0.3, -0.25) is 0 Å². The molecule has 0 unspecified atom stereocenters. The maximum atomic E-state index is 9.01. The van der Waals surface area contributed by atoms with Crippen LogP contribution in [0.4, 0.5) is 0 Å². The molecular formula is C6H15NO4. The van der Waals surface area contributed by atoms with E-state index in [9.17, 15) is 0 Å². The van der Waals surface area contributed by atoms with Crippen LogP contribution in [0.25, 0.3) is 0 Å². The predicted molar refractivity (Wildman–Crippen MR) is 35.9 cm³/mol. The summed E-state index contributed by atoms with van der Waals surface area (Å²) in [4.78, 5) is 9.01. The Labute approximate surface area is 65.8 Å². The number of quaternary nitrogens is 1. The minimum absolute atomic E-state index is 0.593. The van der Waals surface area contributed by atoms with Gasteiger partial charge in [-0.05, 0) is 13.8 Å². The zero-order valence-electron chi connectivity index (χ0n) is 6.83. The summed E-state index contributed by atoms with van der Waals surface area (Å²) < 4.78 is 0. The number of aliphatic hydroxyl groups excluding tert-OH is 1. The summed E-state index contributed by atoms with van der Waals surface area (Å²) in [6, 6.07) is 0. The average Bonchev–Trinajstić information content (AvgIpc) is 2.04. The molecule has 0 heterocycles. The minimum atomic E-state index is -1.44. The summed E-state index contributed by atoms with van der Waals surface area (Å²) in [5.41, 5.74) is 0. The molecule has 0 fully saturated rings. The fourth-order valence-corrected chi connectivity index (χ4v) is 0.250. The normalized spacial score (nSPS) is 8.82. The summed E-state index contributed by atoms with van der Waals surface area (Å²) in [5, 5.41) is 25.7. The lowest BCUT2D eigenvalue weighted by Crippen LogP contribution is -3.08. The summed E-state index contributed by atoms with van der Waals surface area (Å²) in [5.74, 6) is -1.44. The standard InChI is InChI=1S/C4H11NO.C2H4O3/c1-3-5(6)4-2;3-1-2(4)5/h6H,3-4H2,1-2H3;3H,1H2,(H,4,5). The van der Waals surface area contributed by atoms with Gasteiger partial charge in [0.2, 0.25) is 0 Å². The van der Waals surface area contributed by atoms with Crippen molar-refractivity contribution in [3.63, 3.8) is 0 Å². The molecule has 5 heteroatoms. The van der Waals surface area contributed by atoms with E-state index in [-0.39, 0.29) is 0 Å². The van der Waals surface area contributed by atoms with Crippen molar-refractivity contribution in [2.45, 2.75) is 13.8 Å². The number of hydroxylamine groups is 2.